The van der Waals surface area contributed by atoms with Crippen LogP contribution in [0.3, 0.4) is 0 Å². The Morgan fingerprint density at radius 2 is 1.82 bits per heavy atom. The highest BCUT2D eigenvalue weighted by Gasteiger charge is 2.33. The van der Waals surface area contributed by atoms with Crippen molar-refractivity contribution in [2.75, 3.05) is 25.5 Å². The fourth-order valence-corrected chi connectivity index (χ4v) is 6.26. The Kier molecular flexibility index (Phi) is 6.74. The fraction of sp³-hybridized carbons (Fsp3) is 0.600. The van der Waals surface area contributed by atoms with Crippen LogP contribution in [0.1, 0.15) is 56.1 Å². The Labute approximate surface area is 222 Å². The first-order chi connectivity index (χ1) is 17.9. The number of ether oxygens (including phenoxy) is 2. The number of sulfonamides is 1. The molecule has 0 spiro atoms. The lowest BCUT2D eigenvalue weighted by molar-refractivity contribution is 0.0232. The second-order valence-electron chi connectivity index (χ2n) is 11.1. The molecule has 3 amide bonds. The van der Waals surface area contributed by atoms with Crippen molar-refractivity contribution in [2.45, 2.75) is 76.3 Å². The molecule has 38 heavy (non-hydrogen) atoms. The number of carbonyl (C=O) groups excluding carboxylic acids is 2. The number of nitrogens with zero attached hydrogens (tertiary/aromatic N) is 4. The van der Waals surface area contributed by atoms with Crippen LogP contribution in [0.2, 0.25) is 0 Å². The molecule has 1 aliphatic heterocycles. The van der Waals surface area contributed by atoms with Crippen LogP contribution in [0.5, 0.6) is 5.88 Å². The van der Waals surface area contributed by atoms with E-state index in [2.05, 4.69) is 15.1 Å². The van der Waals surface area contributed by atoms with E-state index in [0.717, 1.165) is 61.0 Å². The van der Waals surface area contributed by atoms with Crippen LogP contribution < -0.4 is 14.8 Å². The van der Waals surface area contributed by atoms with Crippen molar-refractivity contribution in [3.05, 3.63) is 28.7 Å². The third-order valence-electron chi connectivity index (χ3n) is 6.89. The largest absolute Gasteiger partial charge is 0.476 e. The molecule has 2 aromatic rings. The van der Waals surface area contributed by atoms with E-state index in [-0.39, 0.29) is 23.3 Å². The molecule has 0 saturated carbocycles. The molecule has 1 atom stereocenters. The molecule has 3 heterocycles. The van der Waals surface area contributed by atoms with Crippen LogP contribution >= 0.6 is 0 Å². The van der Waals surface area contributed by atoms with Crippen molar-refractivity contribution in [3.8, 4) is 5.88 Å². The molecule has 0 aromatic carbocycles. The minimum absolute atomic E-state index is 0.0622. The molecule has 206 valence electrons. The summed E-state index contributed by atoms with van der Waals surface area (Å²) >= 11 is 0. The summed E-state index contributed by atoms with van der Waals surface area (Å²) in [5.74, 6) is -0.0604. The standard InChI is InChI=1S/C25H34N6O6S/c1-25(2,3)37-24(33)30(4)12-15-13-31-22(36-14-15)20(11-26-31)38(34,35)29-23(32)28-21-16-7-5-9-18(16)27-19-10-6-8-17(19)21/h11,15H,5-10,12-14H2,1-4H3,(H2,27,28,29,32). The number of pyridine rings is 1. The van der Waals surface area contributed by atoms with Crippen molar-refractivity contribution in [1.82, 2.24) is 24.4 Å². The highest BCUT2D eigenvalue weighted by Crippen LogP contribution is 2.36. The number of aryl methyl sites for hydroxylation is 2. The number of hydrogen-bond donors (Lipinski definition) is 2. The molecule has 0 radical (unpaired) electrons. The van der Waals surface area contributed by atoms with Crippen molar-refractivity contribution < 1.29 is 27.5 Å². The van der Waals surface area contributed by atoms with Crippen LogP contribution in [0.15, 0.2) is 11.1 Å². The Balaban J connectivity index is 1.25. The van der Waals surface area contributed by atoms with Gasteiger partial charge in [-0.3, -0.25) is 4.98 Å². The molecule has 13 heteroatoms. The molecule has 0 fully saturated rings. The highest BCUT2D eigenvalue weighted by molar-refractivity contribution is 7.90. The Morgan fingerprint density at radius 1 is 1.16 bits per heavy atom. The molecule has 2 aliphatic carbocycles. The Bertz CT molecular complexity index is 1350. The summed E-state index contributed by atoms with van der Waals surface area (Å²) in [5, 5.41) is 6.98. The monoisotopic (exact) mass is 546 g/mol. The van der Waals surface area contributed by atoms with Crippen molar-refractivity contribution >= 4 is 27.8 Å². The van der Waals surface area contributed by atoms with E-state index in [1.165, 1.54) is 15.8 Å². The van der Waals surface area contributed by atoms with E-state index < -0.39 is 27.7 Å². The third-order valence-corrected chi connectivity index (χ3v) is 8.20. The van der Waals surface area contributed by atoms with Gasteiger partial charge in [0.2, 0.25) is 5.88 Å². The summed E-state index contributed by atoms with van der Waals surface area (Å²) < 4.78 is 41.0. The van der Waals surface area contributed by atoms with Gasteiger partial charge in [-0.05, 0) is 70.4 Å². The molecule has 1 unspecified atom stereocenters. The van der Waals surface area contributed by atoms with Crippen molar-refractivity contribution in [2.24, 2.45) is 5.92 Å². The first kappa shape index (κ1) is 26.3. The lowest BCUT2D eigenvalue weighted by atomic mass is 10.1. The summed E-state index contributed by atoms with van der Waals surface area (Å²) in [6.07, 6.45) is 6.01. The van der Waals surface area contributed by atoms with E-state index in [9.17, 15) is 18.0 Å². The minimum atomic E-state index is -4.25. The number of anilines is 1. The first-order valence-corrected chi connectivity index (χ1v) is 14.4. The van der Waals surface area contributed by atoms with E-state index in [1.54, 1.807) is 27.8 Å². The Hall–Kier alpha value is -3.35. The van der Waals surface area contributed by atoms with Gasteiger partial charge in [-0.25, -0.2) is 27.4 Å². The normalized spacial score (nSPS) is 18.2. The third kappa shape index (κ3) is 5.29. The van der Waals surface area contributed by atoms with Crippen molar-refractivity contribution in [1.29, 1.82) is 0 Å². The molecular weight excluding hydrogens is 512 g/mol. The number of aromatic nitrogens is 3. The summed E-state index contributed by atoms with van der Waals surface area (Å²) in [6.45, 7) is 6.26. The van der Waals surface area contributed by atoms with Gasteiger partial charge in [0.25, 0.3) is 10.0 Å². The van der Waals surface area contributed by atoms with Gasteiger partial charge in [0, 0.05) is 30.9 Å². The van der Waals surface area contributed by atoms with Gasteiger partial charge >= 0.3 is 12.1 Å². The van der Waals surface area contributed by atoms with Crippen LogP contribution in [0.4, 0.5) is 15.3 Å². The van der Waals surface area contributed by atoms with Crippen LogP contribution in [-0.4, -0.2) is 66.0 Å². The van der Waals surface area contributed by atoms with E-state index >= 15 is 0 Å². The zero-order valence-electron chi connectivity index (χ0n) is 22.2. The number of amides is 3. The molecular formula is C25H34N6O6S. The average molecular weight is 547 g/mol. The van der Waals surface area contributed by atoms with E-state index in [1.807, 2.05) is 0 Å². The number of fused-ring (bicyclic) bond motifs is 3. The summed E-state index contributed by atoms with van der Waals surface area (Å²) in [4.78, 5) is 31.2. The van der Waals surface area contributed by atoms with Crippen LogP contribution in [-0.2, 0) is 47.0 Å². The summed E-state index contributed by atoms with van der Waals surface area (Å²) in [5.41, 5.74) is 4.10. The second kappa shape index (κ2) is 9.75. The molecule has 2 aromatic heterocycles. The molecule has 3 aliphatic rings. The van der Waals surface area contributed by atoms with Gasteiger partial charge in [0.15, 0.2) is 4.90 Å². The maximum atomic E-state index is 13.1. The lowest BCUT2D eigenvalue weighted by Crippen LogP contribution is -2.41. The molecule has 0 bridgehead atoms. The topological polar surface area (TPSA) is 145 Å². The molecule has 5 rings (SSSR count). The minimum Gasteiger partial charge on any atom is -0.476 e. The zero-order valence-corrected chi connectivity index (χ0v) is 23.0. The summed E-state index contributed by atoms with van der Waals surface area (Å²) in [6, 6.07) is -0.827. The van der Waals surface area contributed by atoms with Gasteiger partial charge < -0.3 is 19.7 Å². The van der Waals surface area contributed by atoms with Gasteiger partial charge in [0.05, 0.1) is 25.0 Å². The number of nitrogens with one attached hydrogen (secondary N) is 2. The van der Waals surface area contributed by atoms with Crippen molar-refractivity contribution in [3.63, 3.8) is 0 Å². The van der Waals surface area contributed by atoms with E-state index in [0.29, 0.717) is 18.8 Å². The summed E-state index contributed by atoms with van der Waals surface area (Å²) in [7, 11) is -2.61. The number of hydrogen-bond acceptors (Lipinski definition) is 8. The fourth-order valence-electron chi connectivity index (χ4n) is 5.28. The SMILES string of the molecule is CN(CC1COc2c(S(=O)(=O)NC(=O)Nc3c4c(nc5c3CCC5)CCC4)cnn2C1)C(=O)OC(C)(C)C. The maximum absolute atomic E-state index is 13.1. The molecule has 2 N–H and O–H groups in total. The molecule has 0 saturated heterocycles. The van der Waals surface area contributed by atoms with Gasteiger partial charge in [-0.15, -0.1) is 0 Å². The number of rotatable bonds is 5. The first-order valence-electron chi connectivity index (χ1n) is 12.9. The number of urea groups is 1. The maximum Gasteiger partial charge on any atom is 0.410 e. The smallest absolute Gasteiger partial charge is 0.410 e. The highest BCUT2D eigenvalue weighted by atomic mass is 32.2. The quantitative estimate of drug-likeness (QED) is 0.582. The predicted octanol–water partition coefficient (Wildman–Crippen LogP) is 2.64. The lowest BCUT2D eigenvalue weighted by Gasteiger charge is -2.30. The van der Waals surface area contributed by atoms with Gasteiger partial charge in [-0.1, -0.05) is 0 Å². The zero-order chi connectivity index (χ0) is 27.2. The van der Waals surface area contributed by atoms with Crippen LogP contribution in [0.25, 0.3) is 0 Å². The predicted molar refractivity (Wildman–Crippen MR) is 138 cm³/mol. The Morgan fingerprint density at radius 3 is 2.45 bits per heavy atom. The second-order valence-corrected chi connectivity index (χ2v) is 12.8. The molecule has 12 nitrogen and oxygen atoms in total. The van der Waals surface area contributed by atoms with Gasteiger partial charge in [-0.2, -0.15) is 5.10 Å². The van der Waals surface area contributed by atoms with Crippen LogP contribution in [0, 0.1) is 5.92 Å². The van der Waals surface area contributed by atoms with Gasteiger partial charge in [0.1, 0.15) is 5.60 Å². The average Bonchev–Trinajstić information content (AvgIpc) is 3.56. The number of carbonyl (C=O) groups is 2. The van der Waals surface area contributed by atoms with E-state index in [4.69, 9.17) is 14.5 Å².